The Bertz CT molecular complexity index is 254. The van der Waals surface area contributed by atoms with Crippen LogP contribution in [0.15, 0.2) is 0 Å². The topological polar surface area (TPSA) is 61.4 Å². The standard InChI is InChI=1S/C8H13N3O2/c1-5-8(13)11-3-2-9-4-6(11)7(12)10-5/h5-6,9H,2-4H2,1H3,(H,10,12)/t5-,6?/m1/s1. The number of piperazine rings is 2. The van der Waals surface area contributed by atoms with Gasteiger partial charge in [-0.25, -0.2) is 0 Å². The smallest absolute Gasteiger partial charge is 0.245 e. The number of carbonyl (C=O) groups excluding carboxylic acids is 2. The highest BCUT2D eigenvalue weighted by Crippen LogP contribution is 2.11. The second-order valence-electron chi connectivity index (χ2n) is 3.48. The van der Waals surface area contributed by atoms with Crippen LogP contribution >= 0.6 is 0 Å². The summed E-state index contributed by atoms with van der Waals surface area (Å²) in [5.74, 6) is -0.00889. The van der Waals surface area contributed by atoms with Gasteiger partial charge in [0.15, 0.2) is 0 Å². The van der Waals surface area contributed by atoms with Crippen LogP contribution in [0.5, 0.6) is 0 Å². The lowest BCUT2D eigenvalue weighted by molar-refractivity contribution is -0.149. The minimum Gasteiger partial charge on any atom is -0.343 e. The minimum absolute atomic E-state index is 0.0334. The van der Waals surface area contributed by atoms with Crippen LogP contribution in [0.25, 0.3) is 0 Å². The number of nitrogens with zero attached hydrogens (tertiary/aromatic N) is 1. The van der Waals surface area contributed by atoms with E-state index in [4.69, 9.17) is 0 Å². The van der Waals surface area contributed by atoms with Crippen molar-refractivity contribution in [2.24, 2.45) is 0 Å². The number of hydrogen-bond acceptors (Lipinski definition) is 3. The van der Waals surface area contributed by atoms with Crippen molar-refractivity contribution >= 4 is 11.8 Å². The molecule has 2 heterocycles. The van der Waals surface area contributed by atoms with Crippen molar-refractivity contribution in [1.29, 1.82) is 0 Å². The third-order valence-corrected chi connectivity index (χ3v) is 2.56. The Hall–Kier alpha value is -1.10. The zero-order chi connectivity index (χ0) is 9.42. The normalized spacial score (nSPS) is 34.1. The molecule has 0 aromatic heterocycles. The fraction of sp³-hybridized carbons (Fsp3) is 0.750. The monoisotopic (exact) mass is 183 g/mol. The van der Waals surface area contributed by atoms with Crippen LogP contribution in [-0.4, -0.2) is 48.4 Å². The van der Waals surface area contributed by atoms with Gasteiger partial charge in [-0.3, -0.25) is 9.59 Å². The molecule has 0 aliphatic carbocycles. The molecular formula is C8H13N3O2. The van der Waals surface area contributed by atoms with Gasteiger partial charge in [-0.2, -0.15) is 0 Å². The molecule has 0 aromatic rings. The Morgan fingerprint density at radius 2 is 2.23 bits per heavy atom. The summed E-state index contributed by atoms with van der Waals surface area (Å²) in [5.41, 5.74) is 0. The first-order chi connectivity index (χ1) is 6.20. The first-order valence-electron chi connectivity index (χ1n) is 4.52. The maximum Gasteiger partial charge on any atom is 0.245 e. The van der Waals surface area contributed by atoms with Gasteiger partial charge in [0.25, 0.3) is 0 Å². The predicted octanol–water partition coefficient (Wildman–Crippen LogP) is -1.69. The molecule has 0 saturated carbocycles. The van der Waals surface area contributed by atoms with Crippen LogP contribution in [0.4, 0.5) is 0 Å². The number of amides is 2. The first-order valence-corrected chi connectivity index (χ1v) is 4.52. The summed E-state index contributed by atoms with van der Waals surface area (Å²) in [4.78, 5) is 24.7. The van der Waals surface area contributed by atoms with Crippen LogP contribution in [0.3, 0.4) is 0 Å². The number of nitrogens with one attached hydrogen (secondary N) is 2. The Labute approximate surface area is 76.5 Å². The van der Waals surface area contributed by atoms with Gasteiger partial charge in [0.05, 0.1) is 0 Å². The Morgan fingerprint density at radius 3 is 3.00 bits per heavy atom. The molecule has 13 heavy (non-hydrogen) atoms. The number of fused-ring (bicyclic) bond motifs is 1. The van der Waals surface area contributed by atoms with Crippen molar-refractivity contribution in [3.05, 3.63) is 0 Å². The highest BCUT2D eigenvalue weighted by atomic mass is 16.2. The van der Waals surface area contributed by atoms with Gasteiger partial charge in [0, 0.05) is 19.6 Å². The zero-order valence-corrected chi connectivity index (χ0v) is 7.54. The Balaban J connectivity index is 2.19. The van der Waals surface area contributed by atoms with Gasteiger partial charge < -0.3 is 15.5 Å². The molecule has 0 radical (unpaired) electrons. The molecule has 0 aromatic carbocycles. The lowest BCUT2D eigenvalue weighted by atomic mass is 10.1. The van der Waals surface area contributed by atoms with E-state index < -0.39 is 0 Å². The van der Waals surface area contributed by atoms with E-state index in [0.29, 0.717) is 13.1 Å². The number of rotatable bonds is 0. The highest BCUT2D eigenvalue weighted by molar-refractivity contribution is 5.97. The van der Waals surface area contributed by atoms with E-state index in [1.165, 1.54) is 0 Å². The average molecular weight is 183 g/mol. The average Bonchev–Trinajstić information content (AvgIpc) is 2.15. The summed E-state index contributed by atoms with van der Waals surface area (Å²) in [7, 11) is 0. The molecule has 2 atom stereocenters. The molecule has 2 rings (SSSR count). The summed E-state index contributed by atoms with van der Waals surface area (Å²) in [6.07, 6.45) is 0. The lowest BCUT2D eigenvalue weighted by Gasteiger charge is -2.40. The summed E-state index contributed by atoms with van der Waals surface area (Å²) >= 11 is 0. The minimum atomic E-state index is -0.359. The van der Waals surface area contributed by atoms with Crippen molar-refractivity contribution in [3.63, 3.8) is 0 Å². The maximum atomic E-state index is 11.6. The van der Waals surface area contributed by atoms with E-state index in [-0.39, 0.29) is 23.9 Å². The van der Waals surface area contributed by atoms with Crippen LogP contribution in [0.2, 0.25) is 0 Å². The van der Waals surface area contributed by atoms with Gasteiger partial charge >= 0.3 is 0 Å². The lowest BCUT2D eigenvalue weighted by Crippen LogP contribution is -2.68. The summed E-state index contributed by atoms with van der Waals surface area (Å²) in [6.45, 7) is 3.71. The summed E-state index contributed by atoms with van der Waals surface area (Å²) in [6, 6.07) is -0.653. The third-order valence-electron chi connectivity index (χ3n) is 2.56. The predicted molar refractivity (Wildman–Crippen MR) is 46.0 cm³/mol. The van der Waals surface area contributed by atoms with Gasteiger partial charge in [0.2, 0.25) is 11.8 Å². The fourth-order valence-corrected chi connectivity index (χ4v) is 1.82. The van der Waals surface area contributed by atoms with E-state index in [9.17, 15) is 9.59 Å². The van der Waals surface area contributed by atoms with Gasteiger partial charge in [-0.15, -0.1) is 0 Å². The molecule has 5 heteroatoms. The molecule has 5 nitrogen and oxygen atoms in total. The fourth-order valence-electron chi connectivity index (χ4n) is 1.82. The van der Waals surface area contributed by atoms with Crippen LogP contribution in [0, 0.1) is 0 Å². The quantitative estimate of drug-likeness (QED) is 0.471. The van der Waals surface area contributed by atoms with Crippen molar-refractivity contribution in [1.82, 2.24) is 15.5 Å². The van der Waals surface area contributed by atoms with Crippen molar-refractivity contribution in [2.45, 2.75) is 19.0 Å². The molecule has 72 valence electrons. The second-order valence-corrected chi connectivity index (χ2v) is 3.48. The van der Waals surface area contributed by atoms with Crippen LogP contribution < -0.4 is 10.6 Å². The van der Waals surface area contributed by atoms with E-state index >= 15 is 0 Å². The molecule has 0 bridgehead atoms. The van der Waals surface area contributed by atoms with Gasteiger partial charge in [-0.05, 0) is 6.92 Å². The third kappa shape index (κ3) is 1.29. The SMILES string of the molecule is C[C@H]1NC(=O)C2CNCCN2C1=O. The number of carbonyl (C=O) groups is 2. The van der Waals surface area contributed by atoms with E-state index in [1.807, 2.05) is 0 Å². The van der Waals surface area contributed by atoms with Crippen molar-refractivity contribution in [3.8, 4) is 0 Å². The van der Waals surface area contributed by atoms with Crippen molar-refractivity contribution < 1.29 is 9.59 Å². The molecule has 2 N–H and O–H groups in total. The van der Waals surface area contributed by atoms with E-state index in [2.05, 4.69) is 10.6 Å². The van der Waals surface area contributed by atoms with Crippen molar-refractivity contribution in [2.75, 3.05) is 19.6 Å². The summed E-state index contributed by atoms with van der Waals surface area (Å²) < 4.78 is 0. The second kappa shape index (κ2) is 2.99. The first kappa shape index (κ1) is 8.50. The molecule has 2 aliphatic heterocycles. The molecular weight excluding hydrogens is 170 g/mol. The molecule has 2 aliphatic rings. The molecule has 2 amide bonds. The van der Waals surface area contributed by atoms with E-state index in [1.54, 1.807) is 11.8 Å². The Morgan fingerprint density at radius 1 is 1.46 bits per heavy atom. The number of hydrogen-bond donors (Lipinski definition) is 2. The largest absolute Gasteiger partial charge is 0.343 e. The van der Waals surface area contributed by atoms with Gasteiger partial charge in [-0.1, -0.05) is 0 Å². The molecule has 0 spiro atoms. The summed E-state index contributed by atoms with van der Waals surface area (Å²) in [5, 5.41) is 5.75. The molecule has 2 saturated heterocycles. The van der Waals surface area contributed by atoms with Crippen LogP contribution in [0.1, 0.15) is 6.92 Å². The Kier molecular flexibility index (Phi) is 1.95. The maximum absolute atomic E-state index is 11.6. The van der Waals surface area contributed by atoms with E-state index in [0.717, 1.165) is 6.54 Å². The van der Waals surface area contributed by atoms with Crippen LogP contribution in [-0.2, 0) is 9.59 Å². The highest BCUT2D eigenvalue weighted by Gasteiger charge is 2.39. The molecule has 2 fully saturated rings. The van der Waals surface area contributed by atoms with Gasteiger partial charge in [0.1, 0.15) is 12.1 Å². The molecule has 1 unspecified atom stereocenters. The zero-order valence-electron chi connectivity index (χ0n) is 7.54.